The number of carbonyl (C=O) groups excluding carboxylic acids is 1. The fourth-order valence-corrected chi connectivity index (χ4v) is 4.06. The van der Waals surface area contributed by atoms with Crippen LogP contribution in [0.3, 0.4) is 0 Å². The molecule has 6 heteroatoms. The quantitative estimate of drug-likeness (QED) is 0.787. The van der Waals surface area contributed by atoms with Crippen molar-refractivity contribution in [1.29, 1.82) is 0 Å². The van der Waals surface area contributed by atoms with E-state index in [4.69, 9.17) is 9.90 Å². The van der Waals surface area contributed by atoms with Crippen molar-refractivity contribution in [2.24, 2.45) is 5.41 Å². The largest absolute Gasteiger partial charge is 0.483 e. The van der Waals surface area contributed by atoms with E-state index in [2.05, 4.69) is 59.3 Å². The number of rotatable bonds is 5. The highest BCUT2D eigenvalue weighted by Gasteiger charge is 2.44. The number of amides is 1. The summed E-state index contributed by atoms with van der Waals surface area (Å²) in [6.07, 6.45) is 2.90. The zero-order valence-corrected chi connectivity index (χ0v) is 15.9. The number of nitrogens with zero attached hydrogens (tertiary/aromatic N) is 2. The molecule has 0 saturated carbocycles. The lowest BCUT2D eigenvalue weighted by atomic mass is 9.79. The Kier molecular flexibility index (Phi) is 7.45. The van der Waals surface area contributed by atoms with Crippen LogP contribution in [0.5, 0.6) is 0 Å². The predicted molar refractivity (Wildman–Crippen MR) is 103 cm³/mol. The minimum atomic E-state index is -0.250. The van der Waals surface area contributed by atoms with Crippen LogP contribution in [-0.4, -0.2) is 61.2 Å². The maximum absolute atomic E-state index is 12.3. The number of anilines is 1. The molecule has 26 heavy (non-hydrogen) atoms. The zero-order valence-electron chi connectivity index (χ0n) is 15.9. The van der Waals surface area contributed by atoms with Crippen molar-refractivity contribution in [2.75, 3.05) is 37.6 Å². The van der Waals surface area contributed by atoms with Crippen LogP contribution in [-0.2, 0) is 9.59 Å². The molecule has 6 nitrogen and oxygen atoms in total. The van der Waals surface area contributed by atoms with Gasteiger partial charge >= 0.3 is 0 Å². The monoisotopic (exact) mass is 361 g/mol. The van der Waals surface area contributed by atoms with Gasteiger partial charge in [0.25, 0.3) is 6.47 Å². The number of carbonyl (C=O) groups is 2. The molecule has 144 valence electrons. The Balaban J connectivity index is 0.000000758. The average Bonchev–Trinajstić information content (AvgIpc) is 2.99. The second kappa shape index (κ2) is 9.57. The molecular formula is C20H31N3O3. The van der Waals surface area contributed by atoms with E-state index in [-0.39, 0.29) is 17.8 Å². The SMILES string of the molecule is CCC1(CC)C[C@H](CN2CCN(c3ccccc3)CC2)NC1=O.O=CO. The Morgan fingerprint density at radius 1 is 1.15 bits per heavy atom. The molecule has 2 fully saturated rings. The van der Waals surface area contributed by atoms with Gasteiger partial charge < -0.3 is 15.3 Å². The van der Waals surface area contributed by atoms with Crippen molar-refractivity contribution in [3.8, 4) is 0 Å². The topological polar surface area (TPSA) is 72.9 Å². The number of hydrogen-bond acceptors (Lipinski definition) is 4. The van der Waals surface area contributed by atoms with E-state index in [9.17, 15) is 4.79 Å². The first-order chi connectivity index (χ1) is 12.6. The predicted octanol–water partition coefficient (Wildman–Crippen LogP) is 2.20. The van der Waals surface area contributed by atoms with E-state index in [1.807, 2.05) is 0 Å². The highest BCUT2D eigenvalue weighted by Crippen LogP contribution is 2.37. The lowest BCUT2D eigenvalue weighted by molar-refractivity contribution is -0.128. The summed E-state index contributed by atoms with van der Waals surface area (Å²) in [6.45, 7) is 9.32. The van der Waals surface area contributed by atoms with Crippen molar-refractivity contribution < 1.29 is 14.7 Å². The van der Waals surface area contributed by atoms with Gasteiger partial charge in [0.1, 0.15) is 0 Å². The van der Waals surface area contributed by atoms with Crippen LogP contribution >= 0.6 is 0 Å². The maximum Gasteiger partial charge on any atom is 0.290 e. The number of carboxylic acid groups (broad SMARTS) is 1. The van der Waals surface area contributed by atoms with Crippen LogP contribution in [0.15, 0.2) is 30.3 Å². The summed E-state index contributed by atoms with van der Waals surface area (Å²) >= 11 is 0. The molecule has 1 aromatic rings. The maximum atomic E-state index is 12.3. The van der Waals surface area contributed by atoms with E-state index in [0.717, 1.165) is 52.0 Å². The summed E-state index contributed by atoms with van der Waals surface area (Å²) < 4.78 is 0. The van der Waals surface area contributed by atoms with Gasteiger partial charge in [0.2, 0.25) is 5.91 Å². The Bertz CT molecular complexity index is 567. The highest BCUT2D eigenvalue weighted by molar-refractivity contribution is 5.85. The Hall–Kier alpha value is -2.08. The molecular weight excluding hydrogens is 330 g/mol. The summed E-state index contributed by atoms with van der Waals surface area (Å²) in [5.74, 6) is 0.274. The van der Waals surface area contributed by atoms with Gasteiger partial charge in [0.05, 0.1) is 5.41 Å². The highest BCUT2D eigenvalue weighted by atomic mass is 16.3. The Morgan fingerprint density at radius 3 is 2.23 bits per heavy atom. The van der Waals surface area contributed by atoms with Crippen LogP contribution in [0.2, 0.25) is 0 Å². The first kappa shape index (κ1) is 20.2. The van der Waals surface area contributed by atoms with Gasteiger partial charge in [-0.25, -0.2) is 0 Å². The van der Waals surface area contributed by atoms with E-state index in [0.29, 0.717) is 6.04 Å². The number of benzene rings is 1. The smallest absolute Gasteiger partial charge is 0.290 e. The van der Waals surface area contributed by atoms with Crippen LogP contribution in [0.1, 0.15) is 33.1 Å². The Morgan fingerprint density at radius 2 is 1.73 bits per heavy atom. The molecule has 2 saturated heterocycles. The van der Waals surface area contributed by atoms with Gasteiger partial charge in [-0.3, -0.25) is 14.5 Å². The van der Waals surface area contributed by atoms with E-state index in [1.165, 1.54) is 5.69 Å². The average molecular weight is 361 g/mol. The normalized spacial score (nSPS) is 22.3. The van der Waals surface area contributed by atoms with E-state index in [1.54, 1.807) is 0 Å². The summed E-state index contributed by atoms with van der Waals surface area (Å²) in [5, 5.41) is 10.1. The molecule has 1 atom stereocenters. The number of para-hydroxylation sites is 1. The molecule has 2 heterocycles. The van der Waals surface area contributed by atoms with E-state index >= 15 is 0 Å². The third kappa shape index (κ3) is 4.75. The van der Waals surface area contributed by atoms with Gasteiger partial charge in [0, 0.05) is 44.5 Å². The molecule has 2 aliphatic heterocycles. The molecule has 0 aliphatic carbocycles. The van der Waals surface area contributed by atoms with Crippen LogP contribution in [0.25, 0.3) is 0 Å². The molecule has 3 rings (SSSR count). The van der Waals surface area contributed by atoms with Crippen molar-refractivity contribution in [3.05, 3.63) is 30.3 Å². The zero-order chi connectivity index (χ0) is 19.0. The molecule has 1 aromatic carbocycles. The second-order valence-corrected chi connectivity index (χ2v) is 7.09. The summed E-state index contributed by atoms with van der Waals surface area (Å²) in [4.78, 5) is 25.6. The Labute approximate surface area is 156 Å². The molecule has 0 spiro atoms. The summed E-state index contributed by atoms with van der Waals surface area (Å²) in [7, 11) is 0. The standard InChI is InChI=1S/C19H29N3O.CH2O2/c1-3-19(4-2)14-16(20-18(19)23)15-21-10-12-22(13-11-21)17-8-6-5-7-9-17;2-1-3/h5-9,16H,3-4,10-15H2,1-2H3,(H,20,23);1H,(H,2,3)/t16-;/m1./s1. The first-order valence-electron chi connectivity index (χ1n) is 9.49. The third-order valence-corrected chi connectivity index (χ3v) is 5.78. The fourth-order valence-electron chi connectivity index (χ4n) is 4.06. The summed E-state index contributed by atoms with van der Waals surface area (Å²) in [5.41, 5.74) is 1.20. The van der Waals surface area contributed by atoms with Crippen LogP contribution < -0.4 is 10.2 Å². The molecule has 2 N–H and O–H groups in total. The van der Waals surface area contributed by atoms with Crippen LogP contribution in [0, 0.1) is 5.41 Å². The lowest BCUT2D eigenvalue weighted by Gasteiger charge is -2.37. The van der Waals surface area contributed by atoms with Gasteiger partial charge in [0.15, 0.2) is 0 Å². The molecule has 0 unspecified atom stereocenters. The minimum absolute atomic E-state index is 0.115. The number of piperazine rings is 1. The summed E-state index contributed by atoms with van der Waals surface area (Å²) in [6, 6.07) is 11.0. The first-order valence-corrected chi connectivity index (χ1v) is 9.49. The van der Waals surface area contributed by atoms with Crippen molar-refractivity contribution >= 4 is 18.1 Å². The van der Waals surface area contributed by atoms with Gasteiger partial charge in [-0.15, -0.1) is 0 Å². The molecule has 0 aromatic heterocycles. The van der Waals surface area contributed by atoms with Gasteiger partial charge in [-0.05, 0) is 31.4 Å². The molecule has 1 amide bonds. The van der Waals surface area contributed by atoms with Crippen LogP contribution in [0.4, 0.5) is 5.69 Å². The van der Waals surface area contributed by atoms with Crippen molar-refractivity contribution in [1.82, 2.24) is 10.2 Å². The fraction of sp³-hybridized carbons (Fsp3) is 0.600. The lowest BCUT2D eigenvalue weighted by Crippen LogP contribution is -2.50. The van der Waals surface area contributed by atoms with Crippen molar-refractivity contribution in [2.45, 2.75) is 39.2 Å². The number of nitrogens with one attached hydrogen (secondary N) is 1. The third-order valence-electron chi connectivity index (χ3n) is 5.78. The van der Waals surface area contributed by atoms with Gasteiger partial charge in [-0.1, -0.05) is 32.0 Å². The molecule has 2 aliphatic rings. The molecule has 0 radical (unpaired) electrons. The van der Waals surface area contributed by atoms with Crippen molar-refractivity contribution in [3.63, 3.8) is 0 Å². The van der Waals surface area contributed by atoms with E-state index < -0.39 is 0 Å². The second-order valence-electron chi connectivity index (χ2n) is 7.09. The number of hydrogen-bond donors (Lipinski definition) is 2. The molecule has 0 bridgehead atoms. The minimum Gasteiger partial charge on any atom is -0.483 e. The van der Waals surface area contributed by atoms with Gasteiger partial charge in [-0.2, -0.15) is 0 Å².